The van der Waals surface area contributed by atoms with Gasteiger partial charge in [0.25, 0.3) is 0 Å². The first kappa shape index (κ1) is 45.3. The fourth-order valence-electron chi connectivity index (χ4n) is 6.27. The Morgan fingerprint density at radius 3 is 0.948 bits per heavy atom. The second kappa shape index (κ2) is 15.4. The molecule has 14 heteroatoms. The van der Waals surface area contributed by atoms with Gasteiger partial charge >= 0.3 is 12.4 Å². The van der Waals surface area contributed by atoms with Gasteiger partial charge in [-0.05, 0) is 92.5 Å². The van der Waals surface area contributed by atoms with Crippen LogP contribution >= 0.6 is 0 Å². The number of halogens is 6. The molecule has 0 atom stereocenters. The molecule has 0 radical (unpaired) electrons. The lowest BCUT2D eigenvalue weighted by Gasteiger charge is -2.27. The van der Waals surface area contributed by atoms with Crippen molar-refractivity contribution in [3.63, 3.8) is 0 Å². The molecule has 0 bridgehead atoms. The minimum Gasteiger partial charge on any atom is -0.507 e. The first-order chi connectivity index (χ1) is 26.2. The van der Waals surface area contributed by atoms with Crippen molar-refractivity contribution in [3.8, 4) is 11.5 Å². The van der Waals surface area contributed by atoms with Crippen LogP contribution in [0.25, 0.3) is 0 Å². The van der Waals surface area contributed by atoms with Gasteiger partial charge < -0.3 is 10.2 Å². The summed E-state index contributed by atoms with van der Waals surface area (Å²) in [6.45, 7) is 22.5. The third-order valence-corrected chi connectivity index (χ3v) is 9.34. The van der Waals surface area contributed by atoms with E-state index in [0.717, 1.165) is 0 Å². The summed E-state index contributed by atoms with van der Waals surface area (Å²) in [5.41, 5.74) is -6.20. The molecule has 2 N–H and O–H groups in total. The Kier molecular flexibility index (Phi) is 12.0. The summed E-state index contributed by atoms with van der Waals surface area (Å²) in [5, 5.41) is 37.0. The highest BCUT2D eigenvalue weighted by Gasteiger charge is 2.46. The van der Waals surface area contributed by atoms with Gasteiger partial charge in [-0.25, -0.2) is 0 Å². The maximum atomic E-state index is 14.5. The number of phenols is 2. The fraction of sp³-hybridized carbons (Fsp3) is 0.409. The van der Waals surface area contributed by atoms with E-state index in [2.05, 4.69) is 20.4 Å². The van der Waals surface area contributed by atoms with Crippen molar-refractivity contribution in [2.45, 2.75) is 117 Å². The number of ketones is 2. The van der Waals surface area contributed by atoms with Gasteiger partial charge in [-0.2, -0.15) is 36.5 Å². The molecule has 8 nitrogen and oxygen atoms in total. The minimum absolute atomic E-state index is 0.0775. The Bertz CT molecular complexity index is 2060. The molecule has 58 heavy (non-hydrogen) atoms. The molecule has 2 aromatic rings. The maximum absolute atomic E-state index is 14.5. The van der Waals surface area contributed by atoms with Crippen LogP contribution < -0.4 is 0 Å². The van der Waals surface area contributed by atoms with E-state index in [1.807, 2.05) is 83.1 Å². The quantitative estimate of drug-likeness (QED) is 0.135. The molecule has 0 fully saturated rings. The topological polar surface area (TPSA) is 124 Å². The number of nitrogens with zero attached hydrogens (tertiary/aromatic N) is 4. The fourth-order valence-corrected chi connectivity index (χ4v) is 6.27. The van der Waals surface area contributed by atoms with Crippen LogP contribution in [0, 0.1) is 0 Å². The summed E-state index contributed by atoms with van der Waals surface area (Å²) in [6.07, 6.45) is -6.94. The van der Waals surface area contributed by atoms with E-state index in [4.69, 9.17) is 0 Å². The van der Waals surface area contributed by atoms with Gasteiger partial charge in [-0.15, -0.1) is 10.2 Å². The van der Waals surface area contributed by atoms with E-state index in [1.54, 1.807) is 24.3 Å². The summed E-state index contributed by atoms with van der Waals surface area (Å²) < 4.78 is 87.2. The van der Waals surface area contributed by atoms with Crippen LogP contribution in [0.1, 0.15) is 116 Å². The summed E-state index contributed by atoms with van der Waals surface area (Å²) >= 11 is 0. The number of rotatable bonds is 5. The largest absolute Gasteiger partial charge is 0.507 e. The molecule has 0 saturated heterocycles. The van der Waals surface area contributed by atoms with E-state index in [1.165, 1.54) is 12.4 Å². The number of aromatic hydroxyl groups is 2. The zero-order chi connectivity index (χ0) is 44.1. The summed E-state index contributed by atoms with van der Waals surface area (Å²) in [5.74, 6) is -2.22. The molecule has 4 rings (SSSR count). The lowest BCUT2D eigenvalue weighted by Crippen LogP contribution is -2.29. The molecule has 0 unspecified atom stereocenters. The standard InChI is InChI=1S/C44H48F6N4O4/c1-39(2,3)29-13-23(14-30(37(29)57)40(4,5)6)21-51-53-33-19-27(43(45,46)47)25(17-35(33)55)26-18-36(56)34(20-28(26)44(48,49)50)54-52-22-24-15-31(41(7,8)9)38(58)32(16-24)42(10,11)12/h13-22,57-58H,1-12H3/b51-21+,52-22+,53-33+,54-34+. The Hall–Kier alpha value is -5.40. The average molecular weight is 811 g/mol. The Morgan fingerprint density at radius 2 is 0.724 bits per heavy atom. The highest BCUT2D eigenvalue weighted by molar-refractivity contribution is 6.51. The normalized spacial score (nSPS) is 18.0. The van der Waals surface area contributed by atoms with E-state index < -0.39 is 79.3 Å². The molecule has 0 aromatic heterocycles. The number of alkyl halides is 6. The molecule has 2 aliphatic carbocycles. The van der Waals surface area contributed by atoms with Crippen LogP contribution in [0.2, 0.25) is 0 Å². The van der Waals surface area contributed by atoms with Crippen LogP contribution in [-0.4, -0.2) is 58.0 Å². The van der Waals surface area contributed by atoms with Gasteiger partial charge in [0.2, 0.25) is 11.6 Å². The molecular weight excluding hydrogens is 762 g/mol. The van der Waals surface area contributed by atoms with Crippen LogP contribution in [0.15, 0.2) is 91.3 Å². The van der Waals surface area contributed by atoms with Crippen molar-refractivity contribution < 1.29 is 46.1 Å². The molecule has 2 aliphatic rings. The number of carbonyl (C=O) groups is 2. The van der Waals surface area contributed by atoms with Crippen LogP contribution in [0.4, 0.5) is 26.3 Å². The van der Waals surface area contributed by atoms with Gasteiger partial charge in [0.1, 0.15) is 22.9 Å². The van der Waals surface area contributed by atoms with Crippen LogP contribution in [0.3, 0.4) is 0 Å². The molecule has 0 spiro atoms. The average Bonchev–Trinajstić information content (AvgIpc) is 3.04. The molecule has 310 valence electrons. The van der Waals surface area contributed by atoms with E-state index in [0.29, 0.717) is 45.5 Å². The predicted molar refractivity (Wildman–Crippen MR) is 216 cm³/mol. The van der Waals surface area contributed by atoms with E-state index in [9.17, 15) is 46.1 Å². The zero-order valence-electron chi connectivity index (χ0n) is 34.5. The Labute approximate surface area is 334 Å². The number of hydrogen-bond donors (Lipinski definition) is 2. The summed E-state index contributed by atoms with van der Waals surface area (Å²) in [7, 11) is 0. The monoisotopic (exact) mass is 810 g/mol. The number of allylic oxidation sites excluding steroid dienone is 8. The van der Waals surface area contributed by atoms with Crippen molar-refractivity contribution in [2.75, 3.05) is 0 Å². The molecule has 0 amide bonds. The van der Waals surface area contributed by atoms with Gasteiger partial charge in [0.05, 0.1) is 23.6 Å². The number of phenolic OH excluding ortho intramolecular Hbond substituents is 2. The maximum Gasteiger partial charge on any atom is 0.417 e. The van der Waals surface area contributed by atoms with Gasteiger partial charge in [-0.1, -0.05) is 83.1 Å². The minimum atomic E-state index is -5.29. The molecule has 0 saturated carbocycles. The first-order valence-electron chi connectivity index (χ1n) is 18.3. The van der Waals surface area contributed by atoms with Crippen molar-refractivity contribution >= 4 is 35.4 Å². The van der Waals surface area contributed by atoms with Crippen molar-refractivity contribution in [3.05, 3.63) is 104 Å². The second-order valence-electron chi connectivity index (χ2n) is 18.3. The third kappa shape index (κ3) is 10.2. The van der Waals surface area contributed by atoms with Crippen LogP contribution in [0.5, 0.6) is 11.5 Å². The zero-order valence-corrected chi connectivity index (χ0v) is 34.5. The number of hydrogen-bond acceptors (Lipinski definition) is 8. The van der Waals surface area contributed by atoms with E-state index in [-0.39, 0.29) is 23.7 Å². The Balaban J connectivity index is 1.76. The van der Waals surface area contributed by atoms with Crippen LogP contribution in [-0.2, 0) is 31.2 Å². The molecule has 0 aliphatic heterocycles. The smallest absolute Gasteiger partial charge is 0.417 e. The summed E-state index contributed by atoms with van der Waals surface area (Å²) in [4.78, 5) is 26.3. The van der Waals surface area contributed by atoms with Gasteiger partial charge in [-0.3, -0.25) is 9.59 Å². The first-order valence-corrected chi connectivity index (χ1v) is 18.3. The van der Waals surface area contributed by atoms with E-state index >= 15 is 0 Å². The summed E-state index contributed by atoms with van der Waals surface area (Å²) in [6, 6.07) is 6.52. The predicted octanol–water partition coefficient (Wildman–Crippen LogP) is 10.5. The van der Waals surface area contributed by atoms with Crippen molar-refractivity contribution in [2.24, 2.45) is 20.4 Å². The number of benzene rings is 2. The van der Waals surface area contributed by atoms with Crippen molar-refractivity contribution in [1.82, 2.24) is 0 Å². The lowest BCUT2D eigenvalue weighted by atomic mass is 9.78. The second-order valence-corrected chi connectivity index (χ2v) is 18.3. The highest BCUT2D eigenvalue weighted by atomic mass is 19.4. The molecule has 2 aromatic carbocycles. The van der Waals surface area contributed by atoms with Gasteiger partial charge in [0, 0.05) is 22.3 Å². The Morgan fingerprint density at radius 1 is 0.466 bits per heavy atom. The number of carbonyl (C=O) groups excluding carboxylic acids is 2. The van der Waals surface area contributed by atoms with Crippen molar-refractivity contribution in [1.29, 1.82) is 0 Å². The highest BCUT2D eigenvalue weighted by Crippen LogP contribution is 2.45. The lowest BCUT2D eigenvalue weighted by molar-refractivity contribution is -0.110. The van der Waals surface area contributed by atoms with Gasteiger partial charge in [0.15, 0.2) is 0 Å². The molecular formula is C44H48F6N4O4. The SMILES string of the molecule is CC(C)(C)c1cc(/C=N/N=C2\C=C(C(F)(F)F)C(C3=CC(=O)/C(=N/N=C/c4cc(C(C)(C)C)c(O)c(C(C)(C)C)c4)C=C3C(F)(F)F)=CC2=O)cc(C(C)(C)C)c1O. The third-order valence-electron chi connectivity index (χ3n) is 9.34. The molecule has 0 heterocycles.